The van der Waals surface area contributed by atoms with Gasteiger partial charge < -0.3 is 15.4 Å². The number of para-hydroxylation sites is 1. The molecule has 1 aliphatic heterocycles. The molecule has 0 fully saturated rings. The van der Waals surface area contributed by atoms with Crippen LogP contribution in [0, 0.1) is 0 Å². The summed E-state index contributed by atoms with van der Waals surface area (Å²) in [6, 6.07) is 9.67. The average Bonchev–Trinajstić information content (AvgIpc) is 2.95. The topological polar surface area (TPSA) is 78.0 Å². The molecule has 116 valence electrons. The van der Waals surface area contributed by atoms with Gasteiger partial charge in [0.25, 0.3) is 0 Å². The van der Waals surface area contributed by atoms with Crippen LogP contribution < -0.4 is 5.32 Å². The number of nitrogens with zero attached hydrogens (tertiary/aromatic N) is 1. The van der Waals surface area contributed by atoms with Crippen LogP contribution in [0.1, 0.15) is 33.3 Å². The maximum absolute atomic E-state index is 12.9. The molecule has 0 saturated heterocycles. The summed E-state index contributed by atoms with van der Waals surface area (Å²) in [4.78, 5) is 20.3. The number of ketones is 1. The van der Waals surface area contributed by atoms with E-state index < -0.39 is 6.10 Å². The number of rotatable bonds is 0. The Balaban J connectivity index is 1.91. The van der Waals surface area contributed by atoms with Gasteiger partial charge in [0.15, 0.2) is 0 Å². The van der Waals surface area contributed by atoms with Crippen molar-refractivity contribution in [3.63, 3.8) is 0 Å². The van der Waals surface area contributed by atoms with Gasteiger partial charge in [-0.15, -0.1) is 0 Å². The van der Waals surface area contributed by atoms with Crippen molar-refractivity contribution in [1.82, 2.24) is 15.3 Å². The largest absolute Gasteiger partial charge is 0.387 e. The van der Waals surface area contributed by atoms with Gasteiger partial charge in [-0.05, 0) is 30.7 Å². The number of nitrogens with one attached hydrogen (secondary N) is 2. The van der Waals surface area contributed by atoms with Crippen molar-refractivity contribution in [3.05, 3.63) is 65.1 Å². The van der Waals surface area contributed by atoms with E-state index in [1.165, 1.54) is 0 Å². The Morgan fingerprint density at radius 3 is 3.00 bits per heavy atom. The number of aliphatic hydroxyl groups is 1. The summed E-state index contributed by atoms with van der Waals surface area (Å²) >= 11 is 0. The molecule has 2 bridgehead atoms. The van der Waals surface area contributed by atoms with Crippen molar-refractivity contribution < 1.29 is 9.90 Å². The van der Waals surface area contributed by atoms with E-state index in [1.54, 1.807) is 18.5 Å². The van der Waals surface area contributed by atoms with Gasteiger partial charge in [0, 0.05) is 41.0 Å². The highest BCUT2D eigenvalue weighted by Crippen LogP contribution is 2.26. The molecular formula is C18H17N3O2. The van der Waals surface area contributed by atoms with E-state index in [0.29, 0.717) is 29.9 Å². The van der Waals surface area contributed by atoms with Gasteiger partial charge in [-0.2, -0.15) is 0 Å². The Labute approximate surface area is 133 Å². The summed E-state index contributed by atoms with van der Waals surface area (Å²) in [6.07, 6.45) is 3.22. The van der Waals surface area contributed by atoms with Gasteiger partial charge in [0.2, 0.25) is 5.78 Å². The van der Waals surface area contributed by atoms with Crippen LogP contribution in [0.25, 0.3) is 10.9 Å². The van der Waals surface area contributed by atoms with Crippen molar-refractivity contribution in [2.45, 2.75) is 12.5 Å². The molecule has 3 N–H and O–H groups in total. The number of hydrogen-bond donors (Lipinski definition) is 3. The van der Waals surface area contributed by atoms with E-state index in [-0.39, 0.29) is 5.78 Å². The molecule has 5 heteroatoms. The molecule has 23 heavy (non-hydrogen) atoms. The molecule has 0 amide bonds. The van der Waals surface area contributed by atoms with E-state index >= 15 is 0 Å². The lowest BCUT2D eigenvalue weighted by Crippen LogP contribution is -2.23. The van der Waals surface area contributed by atoms with Crippen LogP contribution in [-0.2, 0) is 6.42 Å². The molecule has 0 aliphatic carbocycles. The Morgan fingerprint density at radius 1 is 1.22 bits per heavy atom. The first kappa shape index (κ1) is 14.1. The molecule has 5 nitrogen and oxygen atoms in total. The number of H-pyrrole nitrogens is 1. The summed E-state index contributed by atoms with van der Waals surface area (Å²) in [7, 11) is 0. The minimum absolute atomic E-state index is 0.0837. The van der Waals surface area contributed by atoms with Crippen molar-refractivity contribution in [3.8, 4) is 0 Å². The Bertz CT molecular complexity index is 885. The van der Waals surface area contributed by atoms with E-state index in [2.05, 4.69) is 15.3 Å². The lowest BCUT2D eigenvalue weighted by Gasteiger charge is -2.11. The summed E-state index contributed by atoms with van der Waals surface area (Å²) in [5, 5.41) is 14.5. The molecule has 0 saturated carbocycles. The van der Waals surface area contributed by atoms with Gasteiger partial charge >= 0.3 is 0 Å². The predicted molar refractivity (Wildman–Crippen MR) is 87.5 cm³/mol. The van der Waals surface area contributed by atoms with Gasteiger partial charge in [0.1, 0.15) is 0 Å². The molecule has 0 radical (unpaired) electrons. The summed E-state index contributed by atoms with van der Waals surface area (Å²) in [5.41, 5.74) is 3.74. The predicted octanol–water partition coefficient (Wildman–Crippen LogP) is 1.97. The molecule has 4 rings (SSSR count). The number of benzene rings is 1. The highest BCUT2D eigenvalue weighted by molar-refractivity contribution is 6.11. The highest BCUT2D eigenvalue weighted by Gasteiger charge is 2.21. The zero-order valence-corrected chi connectivity index (χ0v) is 12.5. The number of carbonyl (C=O) groups excluding carboxylic acids is 1. The van der Waals surface area contributed by atoms with Gasteiger partial charge in [-0.1, -0.05) is 18.2 Å². The Kier molecular flexibility index (Phi) is 3.44. The fourth-order valence-corrected chi connectivity index (χ4v) is 3.13. The van der Waals surface area contributed by atoms with Gasteiger partial charge in [0.05, 0.1) is 11.8 Å². The standard InChI is InChI=1S/C18H17N3O2/c22-16-10-19-6-5-14-13-3-1-2-4-15(13)21-17(14)18(23)12-7-11(16)8-20-9-12/h1-4,7-9,16,19,21-22H,5-6,10H2/t16-/m1/s1. The summed E-state index contributed by atoms with van der Waals surface area (Å²) in [5.74, 6) is -0.0837. The van der Waals surface area contributed by atoms with Gasteiger partial charge in [-0.25, -0.2) is 0 Å². The molecular weight excluding hydrogens is 290 g/mol. The van der Waals surface area contributed by atoms with Crippen LogP contribution in [0.5, 0.6) is 0 Å². The number of carbonyl (C=O) groups is 1. The smallest absolute Gasteiger partial charge is 0.211 e. The first-order valence-electron chi connectivity index (χ1n) is 7.72. The average molecular weight is 307 g/mol. The van der Waals surface area contributed by atoms with Gasteiger partial charge in [-0.3, -0.25) is 9.78 Å². The molecule has 1 atom stereocenters. The van der Waals surface area contributed by atoms with Crippen LogP contribution in [0.15, 0.2) is 42.7 Å². The summed E-state index contributed by atoms with van der Waals surface area (Å²) in [6.45, 7) is 1.14. The number of β-amino-alcohol motifs (C(OH)–C–C–N with tert-alkyl or cyclic N) is 1. The minimum atomic E-state index is -0.663. The molecule has 3 heterocycles. The van der Waals surface area contributed by atoms with Crippen LogP contribution in [-0.4, -0.2) is 33.9 Å². The van der Waals surface area contributed by atoms with Crippen molar-refractivity contribution in [1.29, 1.82) is 0 Å². The maximum Gasteiger partial charge on any atom is 0.211 e. The second-order valence-electron chi connectivity index (χ2n) is 5.83. The maximum atomic E-state index is 12.9. The lowest BCUT2D eigenvalue weighted by molar-refractivity contribution is 0.103. The normalized spacial score (nSPS) is 18.5. The SMILES string of the molecule is O=C1c2cncc(c2)[C@H](O)CNCCc2c1[nH]c1ccccc21. The fraction of sp³-hybridized carbons (Fsp3) is 0.222. The monoisotopic (exact) mass is 307 g/mol. The lowest BCUT2D eigenvalue weighted by atomic mass is 10.0. The van der Waals surface area contributed by atoms with E-state index in [0.717, 1.165) is 22.9 Å². The Hall–Kier alpha value is -2.50. The molecule has 0 unspecified atom stereocenters. The third kappa shape index (κ3) is 2.44. The molecule has 0 spiro atoms. The third-order valence-corrected chi connectivity index (χ3v) is 4.34. The van der Waals surface area contributed by atoms with Crippen LogP contribution >= 0.6 is 0 Å². The molecule has 3 aromatic rings. The van der Waals surface area contributed by atoms with E-state index in [9.17, 15) is 9.90 Å². The Morgan fingerprint density at radius 2 is 2.09 bits per heavy atom. The number of pyridine rings is 1. The third-order valence-electron chi connectivity index (χ3n) is 4.34. The molecule has 1 aromatic carbocycles. The van der Waals surface area contributed by atoms with E-state index in [1.807, 2.05) is 24.3 Å². The molecule has 2 aromatic heterocycles. The van der Waals surface area contributed by atoms with E-state index in [4.69, 9.17) is 0 Å². The molecule has 1 aliphatic rings. The number of hydrogen-bond acceptors (Lipinski definition) is 4. The summed E-state index contributed by atoms with van der Waals surface area (Å²) < 4.78 is 0. The second kappa shape index (κ2) is 5.61. The quantitative estimate of drug-likeness (QED) is 0.593. The fourth-order valence-electron chi connectivity index (χ4n) is 3.13. The van der Waals surface area contributed by atoms with Crippen molar-refractivity contribution >= 4 is 16.7 Å². The first-order valence-corrected chi connectivity index (χ1v) is 7.72. The first-order chi connectivity index (χ1) is 11.2. The highest BCUT2D eigenvalue weighted by atomic mass is 16.3. The number of fused-ring (bicyclic) bond motifs is 5. The zero-order chi connectivity index (χ0) is 15.8. The minimum Gasteiger partial charge on any atom is -0.387 e. The van der Waals surface area contributed by atoms with Crippen LogP contribution in [0.3, 0.4) is 0 Å². The van der Waals surface area contributed by atoms with Crippen LogP contribution in [0.2, 0.25) is 0 Å². The zero-order valence-electron chi connectivity index (χ0n) is 12.5. The second-order valence-corrected chi connectivity index (χ2v) is 5.83. The number of aliphatic hydroxyl groups excluding tert-OH is 1. The van der Waals surface area contributed by atoms with Crippen LogP contribution in [0.4, 0.5) is 0 Å². The number of aromatic amines is 1. The van der Waals surface area contributed by atoms with Crippen molar-refractivity contribution in [2.24, 2.45) is 0 Å². The number of aromatic nitrogens is 2. The van der Waals surface area contributed by atoms with Crippen molar-refractivity contribution in [2.75, 3.05) is 13.1 Å².